The van der Waals surface area contributed by atoms with E-state index in [1.807, 2.05) is 53.7 Å². The van der Waals surface area contributed by atoms with E-state index in [9.17, 15) is 9.90 Å². The molecular formula is C20H25ClN2O2. The van der Waals surface area contributed by atoms with Crippen molar-refractivity contribution in [2.75, 3.05) is 5.32 Å². The Balaban J connectivity index is 2.49. The number of carbonyl (C=O) groups is 1. The van der Waals surface area contributed by atoms with Crippen LogP contribution >= 0.6 is 11.6 Å². The number of nitrogens with zero attached hydrogens (tertiary/aromatic N) is 1. The number of aromatic hydroxyl groups is 1. The van der Waals surface area contributed by atoms with Gasteiger partial charge in [-0.05, 0) is 35.1 Å². The van der Waals surface area contributed by atoms with Crippen LogP contribution in [0.15, 0.2) is 30.3 Å². The van der Waals surface area contributed by atoms with Crippen molar-refractivity contribution in [3.63, 3.8) is 0 Å². The highest BCUT2D eigenvalue weighted by molar-refractivity contribution is 6.29. The van der Waals surface area contributed by atoms with Gasteiger partial charge in [0.25, 0.3) is 5.91 Å². The van der Waals surface area contributed by atoms with Crippen molar-refractivity contribution in [3.05, 3.63) is 52.3 Å². The molecule has 1 aromatic heterocycles. The number of phenols is 1. The first-order chi connectivity index (χ1) is 11.4. The molecule has 5 heteroatoms. The van der Waals surface area contributed by atoms with Crippen molar-refractivity contribution in [1.82, 2.24) is 4.98 Å². The molecule has 0 saturated carbocycles. The molecule has 0 radical (unpaired) electrons. The number of phenolic OH excluding ortho intramolecular Hbond substituents is 1. The molecule has 2 aromatic rings. The van der Waals surface area contributed by atoms with Crippen LogP contribution in [0.5, 0.6) is 5.75 Å². The largest absolute Gasteiger partial charge is 0.507 e. The lowest BCUT2D eigenvalue weighted by Gasteiger charge is -2.28. The van der Waals surface area contributed by atoms with Gasteiger partial charge in [0.05, 0.1) is 0 Å². The third-order valence-electron chi connectivity index (χ3n) is 3.93. The lowest BCUT2D eigenvalue weighted by Crippen LogP contribution is -2.19. The van der Waals surface area contributed by atoms with Crippen LogP contribution in [0, 0.1) is 0 Å². The van der Waals surface area contributed by atoms with Gasteiger partial charge in [0.2, 0.25) is 0 Å². The minimum absolute atomic E-state index is 0.246. The van der Waals surface area contributed by atoms with Gasteiger partial charge in [-0.25, -0.2) is 4.98 Å². The number of pyridine rings is 1. The first kappa shape index (κ1) is 19.3. The summed E-state index contributed by atoms with van der Waals surface area (Å²) in [6, 6.07) is 8.54. The standard InChI is InChI=1S/C20H25ClN2O2/c1-19(2,3)13-10-12(11-14(17(13)24)20(4,5)6)22-18(25)15-8-7-9-16(21)23-15/h7-11,24H,1-6H3,(H,22,25). The lowest BCUT2D eigenvalue weighted by molar-refractivity contribution is 0.102. The highest BCUT2D eigenvalue weighted by Crippen LogP contribution is 2.41. The number of carbonyl (C=O) groups excluding carboxylic acids is 1. The fourth-order valence-corrected chi connectivity index (χ4v) is 2.74. The summed E-state index contributed by atoms with van der Waals surface area (Å²) in [4.78, 5) is 16.5. The normalized spacial score (nSPS) is 12.1. The third kappa shape index (κ3) is 4.51. The molecule has 0 atom stereocenters. The Morgan fingerprint density at radius 1 is 1.04 bits per heavy atom. The number of hydrogen-bond donors (Lipinski definition) is 2. The second-order valence-electron chi connectivity index (χ2n) is 8.22. The molecule has 4 nitrogen and oxygen atoms in total. The summed E-state index contributed by atoms with van der Waals surface area (Å²) < 4.78 is 0. The van der Waals surface area contributed by atoms with E-state index in [2.05, 4.69) is 10.3 Å². The molecule has 0 fully saturated rings. The first-order valence-electron chi connectivity index (χ1n) is 8.21. The molecule has 0 aliphatic carbocycles. The summed E-state index contributed by atoms with van der Waals surface area (Å²) in [7, 11) is 0. The van der Waals surface area contributed by atoms with Crippen LogP contribution in [0.3, 0.4) is 0 Å². The summed E-state index contributed by atoms with van der Waals surface area (Å²) in [5.41, 5.74) is 1.91. The summed E-state index contributed by atoms with van der Waals surface area (Å²) >= 11 is 5.86. The minimum atomic E-state index is -0.340. The van der Waals surface area contributed by atoms with Gasteiger partial charge in [0.1, 0.15) is 16.6 Å². The topological polar surface area (TPSA) is 62.2 Å². The van der Waals surface area contributed by atoms with Gasteiger partial charge in [0, 0.05) is 16.8 Å². The molecule has 2 N–H and O–H groups in total. The maximum atomic E-state index is 12.5. The Morgan fingerprint density at radius 2 is 1.56 bits per heavy atom. The average molecular weight is 361 g/mol. The maximum absolute atomic E-state index is 12.5. The SMILES string of the molecule is CC(C)(C)c1cc(NC(=O)c2cccc(Cl)n2)cc(C(C)(C)C)c1O. The zero-order valence-corrected chi connectivity index (χ0v) is 16.3. The van der Waals surface area contributed by atoms with Gasteiger partial charge < -0.3 is 10.4 Å². The molecule has 25 heavy (non-hydrogen) atoms. The van der Waals surface area contributed by atoms with Crippen molar-refractivity contribution in [2.24, 2.45) is 0 Å². The molecule has 0 aliphatic heterocycles. The van der Waals surface area contributed by atoms with E-state index in [1.165, 1.54) is 0 Å². The molecule has 1 heterocycles. The Bertz CT molecular complexity index is 767. The van der Waals surface area contributed by atoms with Crippen LogP contribution in [0.1, 0.15) is 63.2 Å². The highest BCUT2D eigenvalue weighted by atomic mass is 35.5. The fraction of sp³-hybridized carbons (Fsp3) is 0.400. The van der Waals surface area contributed by atoms with Crippen molar-refractivity contribution in [3.8, 4) is 5.75 Å². The van der Waals surface area contributed by atoms with E-state index in [-0.39, 0.29) is 33.3 Å². The Labute approximate surface area is 154 Å². The lowest BCUT2D eigenvalue weighted by atomic mass is 9.79. The zero-order chi connectivity index (χ0) is 19.0. The smallest absolute Gasteiger partial charge is 0.274 e. The minimum Gasteiger partial charge on any atom is -0.507 e. The van der Waals surface area contributed by atoms with Crippen LogP contribution in [0.4, 0.5) is 5.69 Å². The summed E-state index contributed by atoms with van der Waals surface area (Å²) in [6.07, 6.45) is 0. The maximum Gasteiger partial charge on any atom is 0.274 e. The molecule has 134 valence electrons. The second kappa shape index (κ2) is 6.68. The molecule has 0 unspecified atom stereocenters. The zero-order valence-electron chi connectivity index (χ0n) is 15.6. The van der Waals surface area contributed by atoms with Gasteiger partial charge >= 0.3 is 0 Å². The average Bonchev–Trinajstić information content (AvgIpc) is 2.46. The van der Waals surface area contributed by atoms with Gasteiger partial charge in [-0.3, -0.25) is 4.79 Å². The molecule has 0 spiro atoms. The number of benzene rings is 1. The Hall–Kier alpha value is -2.07. The molecule has 0 saturated heterocycles. The molecule has 2 rings (SSSR count). The van der Waals surface area contributed by atoms with E-state index in [0.717, 1.165) is 11.1 Å². The van der Waals surface area contributed by atoms with E-state index in [1.54, 1.807) is 18.2 Å². The molecule has 1 aromatic carbocycles. The predicted octanol–water partition coefficient (Wildman–Crippen LogP) is 5.29. The van der Waals surface area contributed by atoms with Crippen LogP contribution in [0.25, 0.3) is 0 Å². The summed E-state index contributed by atoms with van der Waals surface area (Å²) in [5.74, 6) is -0.0632. The van der Waals surface area contributed by atoms with Gasteiger partial charge in [-0.1, -0.05) is 59.2 Å². The van der Waals surface area contributed by atoms with Crippen LogP contribution in [-0.4, -0.2) is 16.0 Å². The first-order valence-corrected chi connectivity index (χ1v) is 8.59. The Kier molecular flexibility index (Phi) is 5.14. The highest BCUT2D eigenvalue weighted by Gasteiger charge is 2.27. The number of hydrogen-bond acceptors (Lipinski definition) is 3. The van der Waals surface area contributed by atoms with Crippen LogP contribution in [0.2, 0.25) is 5.15 Å². The predicted molar refractivity (Wildman–Crippen MR) is 103 cm³/mol. The second-order valence-corrected chi connectivity index (χ2v) is 8.61. The van der Waals surface area contributed by atoms with Gasteiger partial charge in [0.15, 0.2) is 0 Å². The van der Waals surface area contributed by atoms with E-state index < -0.39 is 0 Å². The van der Waals surface area contributed by atoms with Crippen molar-refractivity contribution >= 4 is 23.2 Å². The quantitative estimate of drug-likeness (QED) is 0.565. The number of halogens is 1. The van der Waals surface area contributed by atoms with Crippen molar-refractivity contribution < 1.29 is 9.90 Å². The van der Waals surface area contributed by atoms with E-state index in [0.29, 0.717) is 5.69 Å². The molecule has 1 amide bonds. The third-order valence-corrected chi connectivity index (χ3v) is 4.14. The van der Waals surface area contributed by atoms with Crippen LogP contribution < -0.4 is 5.32 Å². The molecular weight excluding hydrogens is 336 g/mol. The molecule has 0 bridgehead atoms. The van der Waals surface area contributed by atoms with Gasteiger partial charge in [-0.2, -0.15) is 0 Å². The number of amides is 1. The number of anilines is 1. The van der Waals surface area contributed by atoms with Gasteiger partial charge in [-0.15, -0.1) is 0 Å². The van der Waals surface area contributed by atoms with Crippen molar-refractivity contribution in [1.29, 1.82) is 0 Å². The van der Waals surface area contributed by atoms with E-state index >= 15 is 0 Å². The Morgan fingerprint density at radius 3 is 2.00 bits per heavy atom. The summed E-state index contributed by atoms with van der Waals surface area (Å²) in [5, 5.41) is 13.9. The summed E-state index contributed by atoms with van der Waals surface area (Å²) in [6.45, 7) is 12.2. The van der Waals surface area contributed by atoms with Crippen LogP contribution in [-0.2, 0) is 10.8 Å². The fourth-order valence-electron chi connectivity index (χ4n) is 2.58. The van der Waals surface area contributed by atoms with Crippen molar-refractivity contribution in [2.45, 2.75) is 52.4 Å². The number of aromatic nitrogens is 1. The molecule has 0 aliphatic rings. The number of rotatable bonds is 2. The van der Waals surface area contributed by atoms with E-state index in [4.69, 9.17) is 11.6 Å². The number of nitrogens with one attached hydrogen (secondary N) is 1. The monoisotopic (exact) mass is 360 g/mol.